The second-order valence-corrected chi connectivity index (χ2v) is 5.96. The van der Waals surface area contributed by atoms with E-state index in [1.165, 1.54) is 12.1 Å². The maximum absolute atomic E-state index is 13.6. The van der Waals surface area contributed by atoms with Crippen molar-refractivity contribution >= 4 is 23.4 Å². The molecule has 0 saturated heterocycles. The largest absolute Gasteiger partial charge is 0.481 e. The van der Waals surface area contributed by atoms with Crippen LogP contribution in [0, 0.1) is 19.7 Å². The van der Waals surface area contributed by atoms with Gasteiger partial charge < -0.3 is 4.74 Å². The van der Waals surface area contributed by atoms with Crippen molar-refractivity contribution in [1.82, 2.24) is 10.9 Å². The highest BCUT2D eigenvalue weighted by atomic mass is 35.5. The number of rotatable bonds is 4. The van der Waals surface area contributed by atoms with Gasteiger partial charge in [0.15, 0.2) is 6.10 Å². The topological polar surface area (TPSA) is 67.4 Å². The van der Waals surface area contributed by atoms with Gasteiger partial charge in [0.1, 0.15) is 11.6 Å². The third kappa shape index (κ3) is 4.70. The van der Waals surface area contributed by atoms with Crippen molar-refractivity contribution in [3.05, 3.63) is 63.9 Å². The van der Waals surface area contributed by atoms with E-state index in [1.807, 2.05) is 26.0 Å². The summed E-state index contributed by atoms with van der Waals surface area (Å²) in [7, 11) is 0. The Bertz CT molecular complexity index is 811. The number of aryl methyl sites for hydroxylation is 1. The number of benzene rings is 2. The molecule has 1 unspecified atom stereocenters. The Kier molecular flexibility index (Phi) is 5.98. The molecule has 132 valence electrons. The van der Waals surface area contributed by atoms with Crippen molar-refractivity contribution < 1.29 is 18.7 Å². The number of halogens is 2. The lowest BCUT2D eigenvalue weighted by molar-refractivity contribution is -0.128. The lowest BCUT2D eigenvalue weighted by atomic mass is 10.1. The number of hydrogen-bond acceptors (Lipinski definition) is 3. The molecule has 2 aromatic rings. The van der Waals surface area contributed by atoms with Crippen LogP contribution in [0.4, 0.5) is 4.39 Å². The van der Waals surface area contributed by atoms with Crippen LogP contribution in [0.2, 0.25) is 5.02 Å². The first-order valence-corrected chi connectivity index (χ1v) is 7.95. The van der Waals surface area contributed by atoms with Crippen LogP contribution in [0.5, 0.6) is 5.75 Å². The summed E-state index contributed by atoms with van der Waals surface area (Å²) in [5.74, 6) is -1.55. The number of carbonyl (C=O) groups is 2. The molecule has 2 aromatic carbocycles. The van der Waals surface area contributed by atoms with Gasteiger partial charge in [-0.1, -0.05) is 23.7 Å². The summed E-state index contributed by atoms with van der Waals surface area (Å²) in [6.45, 7) is 5.37. The fourth-order valence-electron chi connectivity index (χ4n) is 2.05. The SMILES string of the molecule is Cc1cccc(OC(C)C(=O)NNC(=O)c2cc(Cl)ccc2F)c1C. The van der Waals surface area contributed by atoms with Gasteiger partial charge in [-0.15, -0.1) is 0 Å². The Hall–Kier alpha value is -2.60. The van der Waals surface area contributed by atoms with E-state index in [0.717, 1.165) is 17.2 Å². The fourth-order valence-corrected chi connectivity index (χ4v) is 2.23. The minimum absolute atomic E-state index is 0.213. The number of hydrazine groups is 1. The van der Waals surface area contributed by atoms with Crippen molar-refractivity contribution in [3.8, 4) is 5.75 Å². The fraction of sp³-hybridized carbons (Fsp3) is 0.222. The summed E-state index contributed by atoms with van der Waals surface area (Å²) in [5.41, 5.74) is 6.04. The van der Waals surface area contributed by atoms with Gasteiger partial charge in [0.2, 0.25) is 0 Å². The Morgan fingerprint density at radius 1 is 1.16 bits per heavy atom. The monoisotopic (exact) mass is 364 g/mol. The van der Waals surface area contributed by atoms with Crippen molar-refractivity contribution in [2.24, 2.45) is 0 Å². The standard InChI is InChI=1S/C18H18ClFN2O3/c1-10-5-4-6-16(11(10)2)25-12(3)17(23)21-22-18(24)14-9-13(19)7-8-15(14)20/h4-9,12H,1-3H3,(H,21,23)(H,22,24). The quantitative estimate of drug-likeness (QED) is 0.818. The highest BCUT2D eigenvalue weighted by Gasteiger charge is 2.18. The van der Waals surface area contributed by atoms with Crippen molar-refractivity contribution in [3.63, 3.8) is 0 Å². The predicted molar refractivity (Wildman–Crippen MR) is 93.0 cm³/mol. The van der Waals surface area contributed by atoms with Crippen LogP contribution < -0.4 is 15.6 Å². The number of ether oxygens (including phenoxy) is 1. The summed E-state index contributed by atoms with van der Waals surface area (Å²) < 4.78 is 19.2. The van der Waals surface area contributed by atoms with Gasteiger partial charge in [0, 0.05) is 5.02 Å². The molecule has 0 aliphatic carbocycles. The van der Waals surface area contributed by atoms with Crippen LogP contribution >= 0.6 is 11.6 Å². The third-order valence-corrected chi connectivity index (χ3v) is 3.94. The van der Waals surface area contributed by atoms with Gasteiger partial charge in [-0.25, -0.2) is 4.39 Å². The second kappa shape index (κ2) is 7.98. The Balaban J connectivity index is 1.96. The first-order chi connectivity index (χ1) is 11.8. The first kappa shape index (κ1) is 18.7. The zero-order valence-electron chi connectivity index (χ0n) is 14.0. The zero-order valence-corrected chi connectivity index (χ0v) is 14.8. The van der Waals surface area contributed by atoms with Crippen molar-refractivity contribution in [2.75, 3.05) is 0 Å². The molecule has 2 amide bonds. The molecule has 0 aliphatic heterocycles. The number of amides is 2. The maximum atomic E-state index is 13.6. The third-order valence-electron chi connectivity index (χ3n) is 3.70. The Morgan fingerprint density at radius 2 is 1.88 bits per heavy atom. The summed E-state index contributed by atoms with van der Waals surface area (Å²) in [4.78, 5) is 24.0. The lowest BCUT2D eigenvalue weighted by Gasteiger charge is -2.17. The molecule has 0 aliphatic rings. The number of nitrogens with one attached hydrogen (secondary N) is 2. The van der Waals surface area contributed by atoms with Crippen LogP contribution in [0.1, 0.15) is 28.4 Å². The molecule has 0 saturated carbocycles. The van der Waals surface area contributed by atoms with E-state index in [0.29, 0.717) is 5.75 Å². The minimum Gasteiger partial charge on any atom is -0.481 e. The molecule has 2 N–H and O–H groups in total. The molecule has 5 nitrogen and oxygen atoms in total. The van der Waals surface area contributed by atoms with E-state index in [4.69, 9.17) is 16.3 Å². The van der Waals surface area contributed by atoms with Gasteiger partial charge in [-0.2, -0.15) is 0 Å². The van der Waals surface area contributed by atoms with Crippen LogP contribution in [-0.4, -0.2) is 17.9 Å². The van der Waals surface area contributed by atoms with Crippen LogP contribution in [0.25, 0.3) is 0 Å². The molecule has 7 heteroatoms. The Morgan fingerprint density at radius 3 is 2.60 bits per heavy atom. The number of hydrogen-bond donors (Lipinski definition) is 2. The minimum atomic E-state index is -0.856. The highest BCUT2D eigenvalue weighted by Crippen LogP contribution is 2.21. The molecule has 2 rings (SSSR count). The van der Waals surface area contributed by atoms with E-state index >= 15 is 0 Å². The van der Waals surface area contributed by atoms with Gasteiger partial charge in [0.25, 0.3) is 11.8 Å². The van der Waals surface area contributed by atoms with Crippen LogP contribution in [0.15, 0.2) is 36.4 Å². The maximum Gasteiger partial charge on any atom is 0.279 e. The average Bonchev–Trinajstić information content (AvgIpc) is 2.58. The van der Waals surface area contributed by atoms with Gasteiger partial charge >= 0.3 is 0 Å². The molecule has 1 atom stereocenters. The summed E-state index contributed by atoms with van der Waals surface area (Å²) in [6, 6.07) is 9.09. The van der Waals surface area contributed by atoms with Crippen LogP contribution in [-0.2, 0) is 4.79 Å². The van der Waals surface area contributed by atoms with Crippen LogP contribution in [0.3, 0.4) is 0 Å². The molecular weight excluding hydrogens is 347 g/mol. The van der Waals surface area contributed by atoms with Gasteiger partial charge in [-0.05, 0) is 56.2 Å². The molecule has 0 spiro atoms. The smallest absolute Gasteiger partial charge is 0.279 e. The predicted octanol–water partition coefficient (Wildman–Crippen LogP) is 3.32. The molecule has 0 bridgehead atoms. The van der Waals surface area contributed by atoms with E-state index in [1.54, 1.807) is 13.0 Å². The summed E-state index contributed by atoms with van der Waals surface area (Å²) in [6.07, 6.45) is -0.856. The lowest BCUT2D eigenvalue weighted by Crippen LogP contribution is -2.47. The molecule has 0 heterocycles. The normalized spacial score (nSPS) is 11.6. The summed E-state index contributed by atoms with van der Waals surface area (Å²) in [5, 5.41) is 0.213. The molecule has 0 radical (unpaired) electrons. The van der Waals surface area contributed by atoms with E-state index in [9.17, 15) is 14.0 Å². The second-order valence-electron chi connectivity index (χ2n) is 5.53. The number of carbonyl (C=O) groups excluding carboxylic acids is 2. The molecule has 25 heavy (non-hydrogen) atoms. The highest BCUT2D eigenvalue weighted by molar-refractivity contribution is 6.31. The zero-order chi connectivity index (χ0) is 18.6. The van der Waals surface area contributed by atoms with Gasteiger partial charge in [0.05, 0.1) is 5.56 Å². The molecular formula is C18H18ClFN2O3. The van der Waals surface area contributed by atoms with Crippen molar-refractivity contribution in [2.45, 2.75) is 26.9 Å². The van der Waals surface area contributed by atoms with E-state index in [2.05, 4.69) is 10.9 Å². The summed E-state index contributed by atoms with van der Waals surface area (Å²) >= 11 is 5.74. The Labute approximate surface area is 150 Å². The molecule has 0 aromatic heterocycles. The van der Waals surface area contributed by atoms with Crippen molar-refractivity contribution in [1.29, 1.82) is 0 Å². The average molecular weight is 365 g/mol. The molecule has 0 fully saturated rings. The van der Waals surface area contributed by atoms with E-state index < -0.39 is 23.7 Å². The van der Waals surface area contributed by atoms with E-state index in [-0.39, 0.29) is 10.6 Å². The van der Waals surface area contributed by atoms with Gasteiger partial charge in [-0.3, -0.25) is 20.4 Å². The first-order valence-electron chi connectivity index (χ1n) is 7.57.